The molecule has 0 amide bonds. The zero-order chi connectivity index (χ0) is 18.4. The van der Waals surface area contributed by atoms with Gasteiger partial charge in [-0.3, -0.25) is 4.90 Å². The number of ether oxygens (including phenoxy) is 1. The molecule has 1 saturated heterocycles. The lowest BCUT2D eigenvalue weighted by atomic mass is 10.3. The molecule has 8 heteroatoms. The summed E-state index contributed by atoms with van der Waals surface area (Å²) in [6.45, 7) is 5.34. The summed E-state index contributed by atoms with van der Waals surface area (Å²) in [5.41, 5.74) is 0. The normalized spacial score (nSPS) is 15.6. The van der Waals surface area contributed by atoms with Gasteiger partial charge in [-0.25, -0.2) is 0 Å². The maximum absolute atomic E-state index is 12.4. The smallest absolute Gasteiger partial charge is 0.340 e. The molecule has 1 heterocycles. The molecule has 0 saturated carbocycles. The molecule has 0 aromatic heterocycles. The molecule has 2 aromatic carbocycles. The minimum absolute atomic E-state index is 0.0632. The Kier molecular flexibility index (Phi) is 6.37. The van der Waals surface area contributed by atoms with E-state index in [2.05, 4.69) is 10.2 Å². The molecule has 6 nitrogen and oxygen atoms in total. The van der Waals surface area contributed by atoms with Gasteiger partial charge in [0.25, 0.3) is 0 Å². The SMILES string of the molecule is O=S(=O)(Oc1cccc(OCCN2CCNCC2)c1)c1ccccc1Cl. The number of nitrogens with zero attached hydrogens (tertiary/aromatic N) is 1. The quantitative estimate of drug-likeness (QED) is 0.725. The largest absolute Gasteiger partial charge is 0.492 e. The second kappa shape index (κ2) is 8.73. The molecule has 3 rings (SSSR count). The molecule has 0 atom stereocenters. The van der Waals surface area contributed by atoms with Crippen LogP contribution in [0.3, 0.4) is 0 Å². The topological polar surface area (TPSA) is 67.9 Å². The van der Waals surface area contributed by atoms with E-state index in [4.69, 9.17) is 20.5 Å². The maximum Gasteiger partial charge on any atom is 0.340 e. The van der Waals surface area contributed by atoms with Crippen LogP contribution < -0.4 is 14.2 Å². The number of hydrogen-bond acceptors (Lipinski definition) is 6. The van der Waals surface area contributed by atoms with Gasteiger partial charge in [0.15, 0.2) is 0 Å². The maximum atomic E-state index is 12.4. The fraction of sp³-hybridized carbons (Fsp3) is 0.333. The van der Waals surface area contributed by atoms with Gasteiger partial charge in [0.2, 0.25) is 0 Å². The summed E-state index contributed by atoms with van der Waals surface area (Å²) in [5.74, 6) is 0.747. The van der Waals surface area contributed by atoms with Gasteiger partial charge in [-0.15, -0.1) is 0 Å². The van der Waals surface area contributed by atoms with E-state index in [0.717, 1.165) is 32.7 Å². The predicted octanol–water partition coefficient (Wildman–Crippen LogP) is 2.39. The van der Waals surface area contributed by atoms with Crippen LogP contribution in [0.15, 0.2) is 53.4 Å². The highest BCUT2D eigenvalue weighted by Crippen LogP contribution is 2.26. The van der Waals surface area contributed by atoms with E-state index in [1.165, 1.54) is 12.1 Å². The summed E-state index contributed by atoms with van der Waals surface area (Å²) in [6.07, 6.45) is 0. The summed E-state index contributed by atoms with van der Waals surface area (Å²) >= 11 is 5.96. The summed E-state index contributed by atoms with van der Waals surface area (Å²) in [4.78, 5) is 2.25. The molecular weight excluding hydrogens is 376 g/mol. The summed E-state index contributed by atoms with van der Waals surface area (Å²) in [5, 5.41) is 3.43. The Morgan fingerprint density at radius 3 is 2.54 bits per heavy atom. The Bertz CT molecular complexity index is 839. The Morgan fingerprint density at radius 1 is 1.04 bits per heavy atom. The van der Waals surface area contributed by atoms with Crippen LogP contribution >= 0.6 is 11.6 Å². The van der Waals surface area contributed by atoms with E-state index >= 15 is 0 Å². The molecule has 2 aromatic rings. The highest BCUT2D eigenvalue weighted by Gasteiger charge is 2.20. The van der Waals surface area contributed by atoms with Gasteiger partial charge in [0.05, 0.1) is 5.02 Å². The molecule has 1 N–H and O–H groups in total. The highest BCUT2D eigenvalue weighted by atomic mass is 35.5. The molecule has 26 heavy (non-hydrogen) atoms. The van der Waals surface area contributed by atoms with Crippen molar-refractivity contribution < 1.29 is 17.3 Å². The molecule has 0 aliphatic carbocycles. The van der Waals surface area contributed by atoms with Crippen molar-refractivity contribution in [2.75, 3.05) is 39.3 Å². The molecule has 0 unspecified atom stereocenters. The third-order valence-corrected chi connectivity index (χ3v) is 5.75. The Balaban J connectivity index is 1.61. The second-order valence-electron chi connectivity index (χ2n) is 5.88. The fourth-order valence-corrected chi connectivity index (χ4v) is 4.08. The fourth-order valence-electron chi connectivity index (χ4n) is 2.66. The number of benzene rings is 2. The van der Waals surface area contributed by atoms with Crippen LogP contribution in [0.25, 0.3) is 0 Å². The molecule has 0 radical (unpaired) electrons. The van der Waals surface area contributed by atoms with Crippen LogP contribution in [0.1, 0.15) is 0 Å². The number of hydrogen-bond donors (Lipinski definition) is 1. The van der Waals surface area contributed by atoms with Crippen molar-refractivity contribution in [2.45, 2.75) is 4.90 Å². The van der Waals surface area contributed by atoms with Crippen molar-refractivity contribution in [3.05, 3.63) is 53.6 Å². The van der Waals surface area contributed by atoms with E-state index in [-0.39, 0.29) is 15.7 Å². The van der Waals surface area contributed by atoms with Crippen molar-refractivity contribution in [3.63, 3.8) is 0 Å². The number of rotatable bonds is 7. The van der Waals surface area contributed by atoms with Crippen LogP contribution in [-0.4, -0.2) is 52.6 Å². The van der Waals surface area contributed by atoms with Crippen LogP contribution in [0.2, 0.25) is 5.02 Å². The summed E-state index contributed by atoms with van der Waals surface area (Å²) in [6, 6.07) is 12.8. The number of nitrogens with one attached hydrogen (secondary N) is 1. The van der Waals surface area contributed by atoms with Crippen molar-refractivity contribution in [2.24, 2.45) is 0 Å². The standard InChI is InChI=1S/C18H21ClN2O4S/c19-17-6-1-2-7-18(17)26(22,23)25-16-5-3-4-15(14-16)24-13-12-21-10-8-20-9-11-21/h1-7,14,20H,8-13H2. The molecule has 1 fully saturated rings. The van der Waals surface area contributed by atoms with E-state index in [1.54, 1.807) is 36.4 Å². The Morgan fingerprint density at radius 2 is 1.77 bits per heavy atom. The van der Waals surface area contributed by atoms with Gasteiger partial charge in [-0.05, 0) is 24.3 Å². The van der Waals surface area contributed by atoms with Gasteiger partial charge in [0, 0.05) is 38.8 Å². The predicted molar refractivity (Wildman–Crippen MR) is 101 cm³/mol. The molecular formula is C18H21ClN2O4S. The first-order valence-electron chi connectivity index (χ1n) is 8.39. The van der Waals surface area contributed by atoms with Gasteiger partial charge < -0.3 is 14.2 Å². The van der Waals surface area contributed by atoms with E-state index < -0.39 is 10.1 Å². The van der Waals surface area contributed by atoms with E-state index in [0.29, 0.717) is 12.4 Å². The van der Waals surface area contributed by atoms with Gasteiger partial charge in [-0.1, -0.05) is 29.8 Å². The molecule has 1 aliphatic rings. The average Bonchev–Trinajstić information content (AvgIpc) is 2.63. The number of piperazine rings is 1. The Hall–Kier alpha value is -1.80. The van der Waals surface area contributed by atoms with Gasteiger partial charge in [-0.2, -0.15) is 8.42 Å². The molecule has 0 bridgehead atoms. The van der Waals surface area contributed by atoms with Crippen molar-refractivity contribution in [1.82, 2.24) is 10.2 Å². The minimum Gasteiger partial charge on any atom is -0.492 e. The lowest BCUT2D eigenvalue weighted by Gasteiger charge is -2.26. The van der Waals surface area contributed by atoms with Crippen LogP contribution in [0, 0.1) is 0 Å². The van der Waals surface area contributed by atoms with E-state index in [9.17, 15) is 8.42 Å². The van der Waals surface area contributed by atoms with Crippen molar-refractivity contribution in [3.8, 4) is 11.5 Å². The molecule has 0 spiro atoms. The lowest BCUT2D eigenvalue weighted by Crippen LogP contribution is -2.44. The van der Waals surface area contributed by atoms with Gasteiger partial charge in [0.1, 0.15) is 23.0 Å². The summed E-state index contributed by atoms with van der Waals surface area (Å²) in [7, 11) is -4.00. The first kappa shape index (κ1) is 19.0. The zero-order valence-corrected chi connectivity index (χ0v) is 15.8. The molecule has 1 aliphatic heterocycles. The zero-order valence-electron chi connectivity index (χ0n) is 14.2. The van der Waals surface area contributed by atoms with Crippen LogP contribution in [-0.2, 0) is 10.1 Å². The van der Waals surface area contributed by atoms with Crippen LogP contribution in [0.4, 0.5) is 0 Å². The van der Waals surface area contributed by atoms with Crippen molar-refractivity contribution in [1.29, 1.82) is 0 Å². The average molecular weight is 397 g/mol. The van der Waals surface area contributed by atoms with Crippen molar-refractivity contribution >= 4 is 21.7 Å². The first-order valence-corrected chi connectivity index (χ1v) is 10.2. The third-order valence-electron chi connectivity index (χ3n) is 4.00. The molecule has 140 valence electrons. The van der Waals surface area contributed by atoms with Crippen LogP contribution in [0.5, 0.6) is 11.5 Å². The second-order valence-corrected chi connectivity index (χ2v) is 7.80. The monoisotopic (exact) mass is 396 g/mol. The third kappa shape index (κ3) is 5.11. The number of halogens is 1. The minimum atomic E-state index is -4.00. The van der Waals surface area contributed by atoms with E-state index in [1.807, 2.05) is 0 Å². The van der Waals surface area contributed by atoms with Gasteiger partial charge >= 0.3 is 10.1 Å². The Labute approximate surface area is 158 Å². The first-order chi connectivity index (χ1) is 12.5. The lowest BCUT2D eigenvalue weighted by molar-refractivity contribution is 0.191. The summed E-state index contributed by atoms with van der Waals surface area (Å²) < 4.78 is 35.7. The highest BCUT2D eigenvalue weighted by molar-refractivity contribution is 7.87.